The van der Waals surface area contributed by atoms with Crippen LogP contribution in [-0.4, -0.2) is 40.1 Å². The number of alkyl halides is 1. The van der Waals surface area contributed by atoms with Crippen LogP contribution in [0, 0.1) is 0 Å². The molecule has 0 heterocycles. The highest BCUT2D eigenvalue weighted by atomic mass is 35.5. The van der Waals surface area contributed by atoms with Crippen molar-refractivity contribution in [2.45, 2.75) is 19.1 Å². The lowest BCUT2D eigenvalue weighted by atomic mass is 10.0. The number of carbonyl (C=O) groups excluding carboxylic acids is 1. The molecule has 1 aromatic rings. The first kappa shape index (κ1) is 20.3. The summed E-state index contributed by atoms with van der Waals surface area (Å²) < 4.78 is 34.1. The van der Waals surface area contributed by atoms with Gasteiger partial charge in [-0.1, -0.05) is 0 Å². The van der Waals surface area contributed by atoms with Crippen molar-refractivity contribution >= 4 is 18.4 Å². The summed E-state index contributed by atoms with van der Waals surface area (Å²) in [7, 11) is 4.33. The van der Waals surface area contributed by atoms with Crippen LogP contribution in [0.1, 0.15) is 18.5 Å². The zero-order valence-electron chi connectivity index (χ0n) is 12.9. The summed E-state index contributed by atoms with van der Waals surface area (Å²) in [5, 5.41) is 0. The predicted molar refractivity (Wildman–Crippen MR) is 81.8 cm³/mol. The molecule has 22 heavy (non-hydrogen) atoms. The summed E-state index contributed by atoms with van der Waals surface area (Å²) in [6.45, 7) is 1.68. The minimum Gasteiger partial charge on any atom is -0.493 e. The van der Waals surface area contributed by atoms with E-state index in [1.165, 1.54) is 33.5 Å². The predicted octanol–water partition coefficient (Wildman–Crippen LogP) is 2.04. The Morgan fingerprint density at radius 1 is 1.18 bits per heavy atom. The lowest BCUT2D eigenvalue weighted by Crippen LogP contribution is -2.31. The van der Waals surface area contributed by atoms with E-state index in [2.05, 4.69) is 4.74 Å². The number of halogens is 2. The van der Waals surface area contributed by atoms with Crippen molar-refractivity contribution in [1.82, 2.24) is 0 Å². The summed E-state index contributed by atoms with van der Waals surface area (Å²) in [6, 6.07) is 1.80. The number of hydrogen-bond donors (Lipinski definition) is 1. The van der Waals surface area contributed by atoms with Crippen molar-refractivity contribution in [2.75, 3.05) is 27.9 Å². The average Bonchev–Trinajstić information content (AvgIpc) is 2.51. The number of methoxy groups -OCH3 is 3. The molecule has 0 bridgehead atoms. The fraction of sp³-hybridized carbons (Fsp3) is 0.500. The molecule has 126 valence electrons. The van der Waals surface area contributed by atoms with Crippen LogP contribution in [0.25, 0.3) is 0 Å². The lowest BCUT2D eigenvalue weighted by Gasteiger charge is -2.19. The minimum atomic E-state index is -1.98. The topological polar surface area (TPSA) is 80.0 Å². The lowest BCUT2D eigenvalue weighted by molar-refractivity contribution is -0.149. The first-order valence-corrected chi connectivity index (χ1v) is 6.36. The largest absolute Gasteiger partial charge is 0.493 e. The van der Waals surface area contributed by atoms with E-state index in [9.17, 15) is 9.18 Å². The molecule has 0 aliphatic carbocycles. The fourth-order valence-corrected chi connectivity index (χ4v) is 1.83. The Labute approximate surface area is 135 Å². The molecule has 2 N–H and O–H groups in total. The molecule has 1 unspecified atom stereocenters. The number of carbonyl (C=O) groups is 1. The van der Waals surface area contributed by atoms with E-state index in [1.807, 2.05) is 0 Å². The SMILES string of the molecule is CCOC(=O)C(F)[C@H](N)c1cc(OC)c(OC)c(OC)c1.Cl. The van der Waals surface area contributed by atoms with E-state index in [0.717, 1.165) is 0 Å². The summed E-state index contributed by atoms with van der Waals surface area (Å²) in [5.41, 5.74) is 6.12. The maximum absolute atomic E-state index is 14.0. The molecule has 0 radical (unpaired) electrons. The fourth-order valence-electron chi connectivity index (χ4n) is 1.83. The third-order valence-corrected chi connectivity index (χ3v) is 2.90. The number of ether oxygens (including phenoxy) is 4. The van der Waals surface area contributed by atoms with Crippen molar-refractivity contribution in [3.05, 3.63) is 17.7 Å². The normalized spacial score (nSPS) is 12.6. The maximum atomic E-state index is 14.0. The summed E-state index contributed by atoms with van der Waals surface area (Å²) in [4.78, 5) is 11.4. The molecule has 1 rings (SSSR count). The molecule has 0 amide bonds. The summed E-state index contributed by atoms with van der Waals surface area (Å²) in [5.74, 6) is 0.0259. The molecule has 2 atom stereocenters. The van der Waals surface area contributed by atoms with Gasteiger partial charge in [0.05, 0.1) is 34.0 Å². The molecule has 0 saturated carbocycles. The van der Waals surface area contributed by atoms with Gasteiger partial charge < -0.3 is 24.7 Å². The second-order valence-corrected chi connectivity index (χ2v) is 4.14. The van der Waals surface area contributed by atoms with Crippen LogP contribution >= 0.6 is 12.4 Å². The van der Waals surface area contributed by atoms with Gasteiger partial charge in [0.2, 0.25) is 11.9 Å². The smallest absolute Gasteiger partial charge is 0.342 e. The van der Waals surface area contributed by atoms with Gasteiger partial charge in [0.1, 0.15) is 0 Å². The molecule has 0 saturated heterocycles. The molecular weight excluding hydrogens is 317 g/mol. The van der Waals surface area contributed by atoms with Crippen LogP contribution in [0.4, 0.5) is 4.39 Å². The standard InChI is InChI=1S/C14H20FNO5.ClH/c1-5-21-14(17)11(15)12(16)8-6-9(18-2)13(20-4)10(7-8)19-3;/h6-7,11-12H,5,16H2,1-4H3;1H/t11?,12-;/m1./s1. The Hall–Kier alpha value is -1.73. The quantitative estimate of drug-likeness (QED) is 0.767. The van der Waals surface area contributed by atoms with Gasteiger partial charge in [-0.15, -0.1) is 12.4 Å². The number of nitrogens with two attached hydrogens (primary N) is 1. The van der Waals surface area contributed by atoms with Gasteiger partial charge in [0.25, 0.3) is 0 Å². The first-order valence-electron chi connectivity index (χ1n) is 6.36. The molecule has 0 fully saturated rings. The van der Waals surface area contributed by atoms with Crippen LogP contribution in [0.15, 0.2) is 12.1 Å². The Balaban J connectivity index is 0.00000441. The van der Waals surface area contributed by atoms with Gasteiger partial charge in [-0.05, 0) is 24.6 Å². The molecule has 1 aromatic carbocycles. The van der Waals surface area contributed by atoms with Crippen LogP contribution in [0.2, 0.25) is 0 Å². The van der Waals surface area contributed by atoms with Gasteiger partial charge in [0, 0.05) is 0 Å². The third kappa shape index (κ3) is 4.38. The number of esters is 1. The second-order valence-electron chi connectivity index (χ2n) is 4.14. The minimum absolute atomic E-state index is 0. The molecule has 0 aromatic heterocycles. The Morgan fingerprint density at radius 2 is 1.68 bits per heavy atom. The highest BCUT2D eigenvalue weighted by Crippen LogP contribution is 2.40. The number of rotatable bonds is 7. The number of benzene rings is 1. The van der Waals surface area contributed by atoms with Gasteiger partial charge in [-0.25, -0.2) is 9.18 Å². The summed E-state index contributed by atoms with van der Waals surface area (Å²) >= 11 is 0. The Bertz CT molecular complexity index is 475. The molecular formula is C14H21ClFNO5. The highest BCUT2D eigenvalue weighted by Gasteiger charge is 2.29. The van der Waals surface area contributed by atoms with Gasteiger partial charge in [0.15, 0.2) is 11.5 Å². The van der Waals surface area contributed by atoms with Gasteiger partial charge in [-0.2, -0.15) is 0 Å². The molecule has 6 nitrogen and oxygen atoms in total. The van der Waals surface area contributed by atoms with E-state index in [0.29, 0.717) is 22.8 Å². The average molecular weight is 338 g/mol. The van der Waals surface area contributed by atoms with E-state index >= 15 is 0 Å². The van der Waals surface area contributed by atoms with Crippen molar-refractivity contribution in [1.29, 1.82) is 0 Å². The van der Waals surface area contributed by atoms with Crippen molar-refractivity contribution < 1.29 is 28.1 Å². The van der Waals surface area contributed by atoms with E-state index in [4.69, 9.17) is 19.9 Å². The van der Waals surface area contributed by atoms with E-state index < -0.39 is 18.2 Å². The zero-order valence-corrected chi connectivity index (χ0v) is 13.7. The molecule has 0 aliphatic heterocycles. The van der Waals surface area contributed by atoms with Crippen LogP contribution in [0.5, 0.6) is 17.2 Å². The Morgan fingerprint density at radius 3 is 2.05 bits per heavy atom. The van der Waals surface area contributed by atoms with Crippen LogP contribution < -0.4 is 19.9 Å². The molecule has 0 spiro atoms. The van der Waals surface area contributed by atoms with Crippen LogP contribution in [-0.2, 0) is 9.53 Å². The van der Waals surface area contributed by atoms with Gasteiger partial charge in [-0.3, -0.25) is 0 Å². The first-order chi connectivity index (χ1) is 9.99. The second kappa shape index (κ2) is 9.32. The van der Waals surface area contributed by atoms with Crippen molar-refractivity contribution in [2.24, 2.45) is 5.73 Å². The monoisotopic (exact) mass is 337 g/mol. The van der Waals surface area contributed by atoms with Crippen molar-refractivity contribution in [3.8, 4) is 17.2 Å². The molecule has 0 aliphatic rings. The van der Waals surface area contributed by atoms with Crippen molar-refractivity contribution in [3.63, 3.8) is 0 Å². The van der Waals surface area contributed by atoms with Gasteiger partial charge >= 0.3 is 5.97 Å². The maximum Gasteiger partial charge on any atom is 0.342 e. The Kier molecular flexibility index (Phi) is 8.59. The summed E-state index contributed by atoms with van der Waals surface area (Å²) in [6.07, 6.45) is -1.98. The number of hydrogen-bond acceptors (Lipinski definition) is 6. The van der Waals surface area contributed by atoms with E-state index in [1.54, 1.807) is 6.92 Å². The van der Waals surface area contributed by atoms with Crippen LogP contribution in [0.3, 0.4) is 0 Å². The van der Waals surface area contributed by atoms with E-state index in [-0.39, 0.29) is 19.0 Å². The zero-order chi connectivity index (χ0) is 16.0. The molecule has 8 heteroatoms. The third-order valence-electron chi connectivity index (χ3n) is 2.90. The highest BCUT2D eigenvalue weighted by molar-refractivity contribution is 5.85.